The Kier molecular flexibility index (Phi) is 4.50. The summed E-state index contributed by atoms with van der Waals surface area (Å²) in [6.45, 7) is 0. The first-order valence-corrected chi connectivity index (χ1v) is 6.56. The fraction of sp³-hybridized carbons (Fsp3) is 0.312. The van der Waals surface area contributed by atoms with Crippen molar-refractivity contribution in [2.24, 2.45) is 0 Å². The van der Waals surface area contributed by atoms with Crippen molar-refractivity contribution >= 4 is 16.7 Å². The predicted molar refractivity (Wildman–Crippen MR) is 73.7 cm³/mol. The van der Waals surface area contributed by atoms with E-state index < -0.39 is 5.97 Å². The minimum atomic E-state index is -0.743. The van der Waals surface area contributed by atoms with E-state index in [-0.39, 0.29) is 12.2 Å². The van der Waals surface area contributed by atoms with Gasteiger partial charge in [0.05, 0.1) is 0 Å². The van der Waals surface area contributed by atoms with Gasteiger partial charge in [-0.25, -0.2) is 4.39 Å². The summed E-state index contributed by atoms with van der Waals surface area (Å²) in [5, 5.41) is 10.2. The Labute approximate surface area is 111 Å². The number of rotatable bonds is 6. The molecule has 2 aromatic carbocycles. The quantitative estimate of drug-likeness (QED) is 0.791. The SMILES string of the molecule is O=C(O)CCCCCc1ccc(F)c2ccccc12. The van der Waals surface area contributed by atoms with E-state index in [0.29, 0.717) is 11.8 Å². The van der Waals surface area contributed by atoms with Crippen LogP contribution in [0.25, 0.3) is 10.8 Å². The molecule has 0 unspecified atom stereocenters. The van der Waals surface area contributed by atoms with Crippen LogP contribution in [0, 0.1) is 5.82 Å². The van der Waals surface area contributed by atoms with Crippen molar-refractivity contribution < 1.29 is 14.3 Å². The Morgan fingerprint density at radius 3 is 2.47 bits per heavy atom. The molecule has 0 aliphatic heterocycles. The summed E-state index contributed by atoms with van der Waals surface area (Å²) in [6, 6.07) is 10.8. The van der Waals surface area contributed by atoms with Crippen LogP contribution in [0.15, 0.2) is 36.4 Å². The third-order valence-electron chi connectivity index (χ3n) is 3.30. The minimum Gasteiger partial charge on any atom is -0.481 e. The average Bonchev–Trinajstić information content (AvgIpc) is 2.41. The molecule has 0 saturated carbocycles. The van der Waals surface area contributed by atoms with Crippen LogP contribution in [0.4, 0.5) is 4.39 Å². The number of hydrogen-bond acceptors (Lipinski definition) is 1. The van der Waals surface area contributed by atoms with Gasteiger partial charge in [-0.15, -0.1) is 0 Å². The van der Waals surface area contributed by atoms with Gasteiger partial charge in [0.2, 0.25) is 0 Å². The molecular formula is C16H17FO2. The minimum absolute atomic E-state index is 0.190. The van der Waals surface area contributed by atoms with Crippen molar-refractivity contribution in [3.8, 4) is 0 Å². The first-order chi connectivity index (χ1) is 9.18. The highest BCUT2D eigenvalue weighted by Gasteiger charge is 2.05. The molecule has 0 heterocycles. The third-order valence-corrected chi connectivity index (χ3v) is 3.30. The highest BCUT2D eigenvalue weighted by atomic mass is 19.1. The Morgan fingerprint density at radius 2 is 1.74 bits per heavy atom. The molecule has 1 N–H and O–H groups in total. The van der Waals surface area contributed by atoms with E-state index in [1.165, 1.54) is 6.07 Å². The zero-order valence-electron chi connectivity index (χ0n) is 10.7. The Hall–Kier alpha value is -1.90. The molecule has 2 rings (SSSR count). The summed E-state index contributed by atoms with van der Waals surface area (Å²) >= 11 is 0. The number of fused-ring (bicyclic) bond motifs is 1. The van der Waals surface area contributed by atoms with Gasteiger partial charge in [0, 0.05) is 11.8 Å². The summed E-state index contributed by atoms with van der Waals surface area (Å²) < 4.78 is 13.6. The lowest BCUT2D eigenvalue weighted by Crippen LogP contribution is -1.95. The maximum Gasteiger partial charge on any atom is 0.303 e. The van der Waals surface area contributed by atoms with Crippen molar-refractivity contribution in [1.29, 1.82) is 0 Å². The van der Waals surface area contributed by atoms with Crippen LogP contribution in [0.3, 0.4) is 0 Å². The Morgan fingerprint density at radius 1 is 1.00 bits per heavy atom. The second-order valence-corrected chi connectivity index (χ2v) is 4.71. The fourth-order valence-corrected chi connectivity index (χ4v) is 2.31. The average molecular weight is 260 g/mol. The molecule has 0 aromatic heterocycles. The van der Waals surface area contributed by atoms with Gasteiger partial charge in [0.25, 0.3) is 0 Å². The van der Waals surface area contributed by atoms with E-state index in [1.807, 2.05) is 24.3 Å². The topological polar surface area (TPSA) is 37.3 Å². The van der Waals surface area contributed by atoms with Gasteiger partial charge in [0.15, 0.2) is 0 Å². The van der Waals surface area contributed by atoms with E-state index in [4.69, 9.17) is 5.11 Å². The molecule has 2 nitrogen and oxygen atoms in total. The number of halogens is 1. The summed E-state index contributed by atoms with van der Waals surface area (Å²) in [5.74, 6) is -0.933. The first-order valence-electron chi connectivity index (χ1n) is 6.56. The van der Waals surface area contributed by atoms with Crippen LogP contribution in [-0.4, -0.2) is 11.1 Å². The van der Waals surface area contributed by atoms with Gasteiger partial charge in [0.1, 0.15) is 5.82 Å². The number of unbranched alkanes of at least 4 members (excludes halogenated alkanes) is 2. The Bertz CT molecular complexity index is 578. The zero-order chi connectivity index (χ0) is 13.7. The number of carbonyl (C=O) groups is 1. The molecule has 19 heavy (non-hydrogen) atoms. The fourth-order valence-electron chi connectivity index (χ4n) is 2.31. The van der Waals surface area contributed by atoms with Crippen molar-refractivity contribution in [2.45, 2.75) is 32.1 Å². The molecule has 0 radical (unpaired) electrons. The standard InChI is InChI=1S/C16H17FO2/c17-15-11-10-12(6-2-1-3-9-16(18)19)13-7-4-5-8-14(13)15/h4-5,7-8,10-11H,1-3,6,9H2,(H,18,19). The lowest BCUT2D eigenvalue weighted by Gasteiger charge is -2.07. The van der Waals surface area contributed by atoms with Crippen LogP contribution in [-0.2, 0) is 11.2 Å². The molecule has 0 saturated heterocycles. The van der Waals surface area contributed by atoms with Crippen LogP contribution in [0.2, 0.25) is 0 Å². The number of aliphatic carboxylic acids is 1. The molecule has 0 bridgehead atoms. The highest BCUT2D eigenvalue weighted by Crippen LogP contribution is 2.23. The van der Waals surface area contributed by atoms with Crippen LogP contribution in [0.1, 0.15) is 31.2 Å². The van der Waals surface area contributed by atoms with E-state index in [9.17, 15) is 9.18 Å². The maximum absolute atomic E-state index is 13.6. The van der Waals surface area contributed by atoms with Gasteiger partial charge < -0.3 is 5.11 Å². The van der Waals surface area contributed by atoms with E-state index in [2.05, 4.69) is 0 Å². The Balaban J connectivity index is 2.01. The largest absolute Gasteiger partial charge is 0.481 e. The second-order valence-electron chi connectivity index (χ2n) is 4.71. The molecule has 0 spiro atoms. The summed E-state index contributed by atoms with van der Waals surface area (Å²) in [6.07, 6.45) is 3.61. The molecule has 0 atom stereocenters. The van der Waals surface area contributed by atoms with E-state index in [0.717, 1.165) is 30.2 Å². The number of hydrogen-bond donors (Lipinski definition) is 1. The monoisotopic (exact) mass is 260 g/mol. The van der Waals surface area contributed by atoms with Crippen LogP contribution in [0.5, 0.6) is 0 Å². The van der Waals surface area contributed by atoms with Crippen molar-refractivity contribution in [3.63, 3.8) is 0 Å². The lowest BCUT2D eigenvalue weighted by atomic mass is 9.99. The van der Waals surface area contributed by atoms with Crippen molar-refractivity contribution in [3.05, 3.63) is 47.8 Å². The second kappa shape index (κ2) is 6.32. The van der Waals surface area contributed by atoms with Gasteiger partial charge in [-0.05, 0) is 36.3 Å². The molecule has 0 aliphatic carbocycles. The maximum atomic E-state index is 13.6. The van der Waals surface area contributed by atoms with Gasteiger partial charge >= 0.3 is 5.97 Å². The van der Waals surface area contributed by atoms with Crippen LogP contribution >= 0.6 is 0 Å². The number of benzene rings is 2. The van der Waals surface area contributed by atoms with Gasteiger partial charge in [-0.2, -0.15) is 0 Å². The van der Waals surface area contributed by atoms with Gasteiger partial charge in [-0.3, -0.25) is 4.79 Å². The molecule has 100 valence electrons. The molecule has 0 aliphatic rings. The van der Waals surface area contributed by atoms with Crippen LogP contribution < -0.4 is 0 Å². The lowest BCUT2D eigenvalue weighted by molar-refractivity contribution is -0.137. The van der Waals surface area contributed by atoms with E-state index >= 15 is 0 Å². The van der Waals surface area contributed by atoms with E-state index in [1.54, 1.807) is 6.07 Å². The normalized spacial score (nSPS) is 10.8. The first kappa shape index (κ1) is 13.5. The molecule has 3 heteroatoms. The summed E-state index contributed by atoms with van der Waals surface area (Å²) in [4.78, 5) is 10.4. The number of aryl methyl sites for hydroxylation is 1. The molecule has 2 aromatic rings. The van der Waals surface area contributed by atoms with Gasteiger partial charge in [-0.1, -0.05) is 36.8 Å². The smallest absolute Gasteiger partial charge is 0.303 e. The predicted octanol–water partition coefficient (Wildman–Crippen LogP) is 4.17. The highest BCUT2D eigenvalue weighted by molar-refractivity contribution is 5.86. The van der Waals surface area contributed by atoms with Crippen molar-refractivity contribution in [1.82, 2.24) is 0 Å². The number of carboxylic acid groups (broad SMARTS) is 1. The third kappa shape index (κ3) is 3.53. The molecule has 0 amide bonds. The zero-order valence-corrected chi connectivity index (χ0v) is 10.7. The summed E-state index contributed by atoms with van der Waals surface area (Å²) in [5.41, 5.74) is 1.13. The molecule has 0 fully saturated rings. The number of carboxylic acids is 1. The molecular weight excluding hydrogens is 243 g/mol. The summed E-state index contributed by atoms with van der Waals surface area (Å²) in [7, 11) is 0. The van der Waals surface area contributed by atoms with Crippen molar-refractivity contribution in [2.75, 3.05) is 0 Å².